The number of rotatable bonds is 6. The lowest BCUT2D eigenvalue weighted by molar-refractivity contribution is -0.136. The molecule has 27 heavy (non-hydrogen) atoms. The number of hydrogen-bond donors (Lipinski definition) is 2. The number of carbonyl (C=O) groups excluding carboxylic acids is 2. The Kier molecular flexibility index (Phi) is 5.80. The molecule has 1 aliphatic rings. The van der Waals surface area contributed by atoms with E-state index in [4.69, 9.17) is 5.11 Å². The van der Waals surface area contributed by atoms with Gasteiger partial charge in [0.2, 0.25) is 0 Å². The topological polar surface area (TPSA) is 113 Å². The minimum Gasteiger partial charge on any atom is -0.466 e. The van der Waals surface area contributed by atoms with Crippen LogP contribution in [0.2, 0.25) is 0 Å². The number of sulfone groups is 1. The maximum absolute atomic E-state index is 12.6. The number of alkyl halides is 3. The van der Waals surface area contributed by atoms with Gasteiger partial charge in [-0.1, -0.05) is 0 Å². The molecule has 0 atom stereocenters. The number of β-amino-alcohol motifs (C(OH)–C–C–N with tert-alkyl or cyclic N) is 1. The predicted octanol–water partition coefficient (Wildman–Crippen LogP) is 0.654. The molecule has 0 saturated carbocycles. The number of anilines is 1. The van der Waals surface area contributed by atoms with Crippen molar-refractivity contribution in [2.75, 3.05) is 32.1 Å². The minimum atomic E-state index is -5.49. The van der Waals surface area contributed by atoms with E-state index < -0.39 is 32.1 Å². The van der Waals surface area contributed by atoms with Crippen LogP contribution in [0, 0.1) is 0 Å². The van der Waals surface area contributed by atoms with Gasteiger partial charge in [-0.3, -0.25) is 4.79 Å². The van der Waals surface area contributed by atoms with Crippen LogP contribution in [0.4, 0.5) is 18.9 Å². The summed E-state index contributed by atoms with van der Waals surface area (Å²) in [5.41, 5.74) is -5.54. The van der Waals surface area contributed by atoms with Gasteiger partial charge < -0.3 is 20.1 Å². The highest BCUT2D eigenvalue weighted by Crippen LogP contribution is 2.31. The van der Waals surface area contributed by atoms with Gasteiger partial charge in [-0.15, -0.1) is 0 Å². The molecule has 12 heteroatoms. The smallest absolute Gasteiger partial charge is 0.466 e. The lowest BCUT2D eigenvalue weighted by Gasteiger charge is -2.15. The number of carbonyl (C=O) groups is 2. The third kappa shape index (κ3) is 4.06. The number of methoxy groups -OCH3 is 1. The Morgan fingerprint density at radius 2 is 1.89 bits per heavy atom. The summed E-state index contributed by atoms with van der Waals surface area (Å²) < 4.78 is 65.0. The van der Waals surface area contributed by atoms with Gasteiger partial charge in [0.1, 0.15) is 5.70 Å². The second-order valence-corrected chi connectivity index (χ2v) is 7.34. The van der Waals surface area contributed by atoms with Crippen molar-refractivity contribution in [3.05, 3.63) is 35.5 Å². The summed E-state index contributed by atoms with van der Waals surface area (Å²) in [6, 6.07) is 3.52. The first kappa shape index (κ1) is 20.7. The number of benzene rings is 1. The van der Waals surface area contributed by atoms with Crippen LogP contribution in [-0.2, 0) is 24.2 Å². The number of nitrogens with zero attached hydrogens (tertiary/aromatic N) is 1. The Labute approximate surface area is 152 Å². The Bertz CT molecular complexity index is 878. The van der Waals surface area contributed by atoms with Crippen molar-refractivity contribution in [2.45, 2.75) is 10.4 Å². The van der Waals surface area contributed by atoms with E-state index in [-0.39, 0.29) is 36.7 Å². The van der Waals surface area contributed by atoms with Crippen molar-refractivity contribution < 1.29 is 41.0 Å². The summed E-state index contributed by atoms with van der Waals surface area (Å²) in [4.78, 5) is 24.4. The van der Waals surface area contributed by atoms with Crippen LogP contribution in [0.15, 0.2) is 40.4 Å². The fourth-order valence-electron chi connectivity index (χ4n) is 2.34. The second-order valence-electron chi connectivity index (χ2n) is 5.39. The average Bonchev–Trinajstić information content (AvgIpc) is 2.90. The molecular formula is C15H15F3N2O6S. The van der Waals surface area contributed by atoms with Gasteiger partial charge in [-0.2, -0.15) is 13.2 Å². The molecule has 1 heterocycles. The molecule has 148 valence electrons. The molecule has 2 N–H and O–H groups in total. The molecule has 0 unspecified atom stereocenters. The number of esters is 1. The maximum atomic E-state index is 12.6. The van der Waals surface area contributed by atoms with E-state index in [0.29, 0.717) is 0 Å². The van der Waals surface area contributed by atoms with Crippen molar-refractivity contribution in [2.24, 2.45) is 0 Å². The van der Waals surface area contributed by atoms with Gasteiger partial charge in [0.15, 0.2) is 0 Å². The molecule has 1 amide bonds. The van der Waals surface area contributed by atoms with Crippen molar-refractivity contribution in [1.29, 1.82) is 0 Å². The summed E-state index contributed by atoms with van der Waals surface area (Å²) in [5.74, 6) is -1.40. The van der Waals surface area contributed by atoms with Crippen LogP contribution in [-0.4, -0.2) is 62.6 Å². The standard InChI is InChI=1S/C15H15F3N2O6S/c1-26-14(23)11-8-20(6-7-21)13(22)12(11)19-9-2-4-10(5-3-9)27(24,25)15(16,17)18/h2-5,19,21H,6-8H2,1H3. The molecule has 0 radical (unpaired) electrons. The number of hydrogen-bond acceptors (Lipinski definition) is 7. The largest absolute Gasteiger partial charge is 0.501 e. The number of aliphatic hydroxyl groups excluding tert-OH is 1. The summed E-state index contributed by atoms with van der Waals surface area (Å²) in [6.45, 7) is -0.486. The highest BCUT2D eigenvalue weighted by Gasteiger charge is 2.46. The van der Waals surface area contributed by atoms with Crippen molar-refractivity contribution in [3.8, 4) is 0 Å². The zero-order valence-electron chi connectivity index (χ0n) is 13.9. The lowest BCUT2D eigenvalue weighted by Crippen LogP contribution is -2.31. The normalized spacial score (nSPS) is 15.3. The molecule has 1 aliphatic heterocycles. The zero-order valence-corrected chi connectivity index (χ0v) is 14.7. The van der Waals surface area contributed by atoms with Gasteiger partial charge in [0, 0.05) is 12.2 Å². The Balaban J connectivity index is 2.31. The van der Waals surface area contributed by atoms with E-state index in [0.717, 1.165) is 31.4 Å². The molecule has 0 aromatic heterocycles. The van der Waals surface area contributed by atoms with Crippen LogP contribution in [0.1, 0.15) is 0 Å². The van der Waals surface area contributed by atoms with Gasteiger partial charge in [-0.25, -0.2) is 13.2 Å². The minimum absolute atomic E-state index is 0.0251. The predicted molar refractivity (Wildman–Crippen MR) is 86.0 cm³/mol. The van der Waals surface area contributed by atoms with E-state index in [9.17, 15) is 31.2 Å². The third-order valence-electron chi connectivity index (χ3n) is 3.69. The van der Waals surface area contributed by atoms with Crippen LogP contribution >= 0.6 is 0 Å². The number of aliphatic hydroxyl groups is 1. The first-order chi connectivity index (χ1) is 12.5. The maximum Gasteiger partial charge on any atom is 0.501 e. The van der Waals surface area contributed by atoms with Crippen LogP contribution in [0.3, 0.4) is 0 Å². The monoisotopic (exact) mass is 408 g/mol. The average molecular weight is 408 g/mol. The quantitative estimate of drug-likeness (QED) is 0.665. The van der Waals surface area contributed by atoms with Crippen LogP contribution in [0.25, 0.3) is 0 Å². The number of amides is 1. The number of halogens is 3. The summed E-state index contributed by atoms with van der Waals surface area (Å²) in [6.07, 6.45) is 0. The molecule has 2 rings (SSSR count). The molecule has 8 nitrogen and oxygen atoms in total. The molecule has 0 fully saturated rings. The molecular weight excluding hydrogens is 393 g/mol. The zero-order chi connectivity index (χ0) is 20.4. The van der Waals surface area contributed by atoms with Gasteiger partial charge in [0.05, 0.1) is 30.7 Å². The van der Waals surface area contributed by atoms with E-state index >= 15 is 0 Å². The SMILES string of the molecule is COC(=O)C1=C(Nc2ccc(S(=O)(=O)C(F)(F)F)cc2)C(=O)N(CCO)C1. The molecule has 0 saturated heterocycles. The van der Waals surface area contributed by atoms with Crippen LogP contribution in [0.5, 0.6) is 0 Å². The summed E-state index contributed by atoms with van der Waals surface area (Å²) in [7, 11) is -4.38. The van der Waals surface area contributed by atoms with Crippen LogP contribution < -0.4 is 5.32 Å². The molecule has 0 spiro atoms. The Hall–Kier alpha value is -2.60. The van der Waals surface area contributed by atoms with E-state index in [1.807, 2.05) is 0 Å². The summed E-state index contributed by atoms with van der Waals surface area (Å²) >= 11 is 0. The third-order valence-corrected chi connectivity index (χ3v) is 5.19. The van der Waals surface area contributed by atoms with E-state index in [1.54, 1.807) is 0 Å². The van der Waals surface area contributed by atoms with E-state index in [1.165, 1.54) is 4.90 Å². The molecule has 1 aromatic rings. The first-order valence-corrected chi connectivity index (χ1v) is 8.91. The fourth-order valence-corrected chi connectivity index (χ4v) is 3.11. The van der Waals surface area contributed by atoms with Crippen molar-refractivity contribution in [1.82, 2.24) is 4.90 Å². The van der Waals surface area contributed by atoms with Crippen molar-refractivity contribution >= 4 is 27.4 Å². The highest BCUT2D eigenvalue weighted by molar-refractivity contribution is 7.92. The summed E-state index contributed by atoms with van der Waals surface area (Å²) in [5, 5.41) is 11.6. The second kappa shape index (κ2) is 7.56. The molecule has 0 aliphatic carbocycles. The number of ether oxygens (including phenoxy) is 1. The Morgan fingerprint density at radius 1 is 1.30 bits per heavy atom. The fraction of sp³-hybridized carbons (Fsp3) is 0.333. The first-order valence-electron chi connectivity index (χ1n) is 7.43. The highest BCUT2D eigenvalue weighted by atomic mass is 32.2. The Morgan fingerprint density at radius 3 is 2.37 bits per heavy atom. The van der Waals surface area contributed by atoms with Crippen molar-refractivity contribution in [3.63, 3.8) is 0 Å². The van der Waals surface area contributed by atoms with Gasteiger partial charge in [0.25, 0.3) is 15.7 Å². The number of nitrogens with one attached hydrogen (secondary N) is 1. The lowest BCUT2D eigenvalue weighted by atomic mass is 10.2. The molecule has 1 aromatic carbocycles. The van der Waals surface area contributed by atoms with Gasteiger partial charge in [-0.05, 0) is 24.3 Å². The molecule has 0 bridgehead atoms. The van der Waals surface area contributed by atoms with Gasteiger partial charge >= 0.3 is 11.5 Å². The van der Waals surface area contributed by atoms with E-state index in [2.05, 4.69) is 10.1 Å².